The predicted molar refractivity (Wildman–Crippen MR) is 114 cm³/mol. The Morgan fingerprint density at radius 2 is 1.89 bits per heavy atom. The molecule has 1 aliphatic rings. The fraction of sp³-hybridized carbons (Fsp3) is 0.286. The van der Waals surface area contributed by atoms with E-state index in [2.05, 4.69) is 16.9 Å². The molecule has 0 aliphatic carbocycles. The van der Waals surface area contributed by atoms with Crippen molar-refractivity contribution in [3.05, 3.63) is 76.1 Å². The summed E-state index contributed by atoms with van der Waals surface area (Å²) in [6, 6.07) is 16.5. The van der Waals surface area contributed by atoms with Crippen molar-refractivity contribution in [3.8, 4) is 0 Å². The van der Waals surface area contributed by atoms with Gasteiger partial charge in [-0.15, -0.1) is 0 Å². The first kappa shape index (κ1) is 19.2. The SMILES string of the molecule is O=c1c(CSCCNS(=O)(=O)c2ccccc2)cc2cccc3c2n1CCC3. The van der Waals surface area contributed by atoms with Crippen LogP contribution in [0.4, 0.5) is 0 Å². The van der Waals surface area contributed by atoms with E-state index in [9.17, 15) is 13.2 Å². The first-order valence-electron chi connectivity index (χ1n) is 9.33. The summed E-state index contributed by atoms with van der Waals surface area (Å²) in [5.74, 6) is 1.18. The Morgan fingerprint density at radius 3 is 2.71 bits per heavy atom. The van der Waals surface area contributed by atoms with Crippen molar-refractivity contribution < 1.29 is 8.42 Å². The molecule has 1 aliphatic heterocycles. The fourth-order valence-corrected chi connectivity index (χ4v) is 5.64. The molecule has 0 fully saturated rings. The number of thioether (sulfide) groups is 1. The number of para-hydroxylation sites is 1. The first-order valence-corrected chi connectivity index (χ1v) is 12.0. The van der Waals surface area contributed by atoms with E-state index < -0.39 is 10.0 Å². The number of aromatic nitrogens is 1. The maximum absolute atomic E-state index is 12.8. The highest BCUT2D eigenvalue weighted by atomic mass is 32.2. The molecule has 0 saturated heterocycles. The first-order chi connectivity index (χ1) is 13.6. The maximum Gasteiger partial charge on any atom is 0.255 e. The molecule has 2 aromatic carbocycles. The fourth-order valence-electron chi connectivity index (χ4n) is 3.64. The number of rotatable bonds is 7. The number of pyridine rings is 1. The lowest BCUT2D eigenvalue weighted by molar-refractivity contribution is 0.584. The molecule has 2 heterocycles. The van der Waals surface area contributed by atoms with Gasteiger partial charge in [0.05, 0.1) is 10.4 Å². The normalized spacial score (nSPS) is 13.7. The second-order valence-electron chi connectivity index (χ2n) is 6.85. The van der Waals surface area contributed by atoms with Crippen molar-refractivity contribution in [2.75, 3.05) is 12.3 Å². The molecule has 0 atom stereocenters. The van der Waals surface area contributed by atoms with Gasteiger partial charge >= 0.3 is 0 Å². The van der Waals surface area contributed by atoms with Crippen LogP contribution < -0.4 is 10.3 Å². The average molecular weight is 415 g/mol. The molecule has 0 bridgehead atoms. The van der Waals surface area contributed by atoms with Crippen LogP contribution in [0.2, 0.25) is 0 Å². The number of aryl methyl sites for hydroxylation is 2. The lowest BCUT2D eigenvalue weighted by Gasteiger charge is -2.20. The second-order valence-corrected chi connectivity index (χ2v) is 9.72. The van der Waals surface area contributed by atoms with Gasteiger partial charge in [-0.2, -0.15) is 11.8 Å². The van der Waals surface area contributed by atoms with E-state index in [1.807, 2.05) is 16.7 Å². The Kier molecular flexibility index (Phi) is 5.57. The third kappa shape index (κ3) is 3.87. The zero-order valence-corrected chi connectivity index (χ0v) is 17.1. The summed E-state index contributed by atoms with van der Waals surface area (Å²) in [5, 5.41) is 1.11. The standard InChI is InChI=1S/C21H22N2O3S2/c24-21-18(14-17-7-4-6-16-8-5-12-23(21)20(16)17)15-27-13-11-22-28(25,26)19-9-2-1-3-10-19/h1-4,6-7,9-10,14,22H,5,8,11-13,15H2. The van der Waals surface area contributed by atoms with Crippen molar-refractivity contribution in [2.45, 2.75) is 30.0 Å². The molecular weight excluding hydrogens is 392 g/mol. The third-order valence-corrected chi connectivity index (χ3v) is 7.43. The van der Waals surface area contributed by atoms with E-state index in [-0.39, 0.29) is 10.5 Å². The molecule has 28 heavy (non-hydrogen) atoms. The van der Waals surface area contributed by atoms with Gasteiger partial charge in [-0.05, 0) is 42.0 Å². The summed E-state index contributed by atoms with van der Waals surface area (Å²) in [6.45, 7) is 1.09. The Morgan fingerprint density at radius 1 is 1.07 bits per heavy atom. The lowest BCUT2D eigenvalue weighted by Crippen LogP contribution is -2.27. The monoisotopic (exact) mass is 414 g/mol. The second kappa shape index (κ2) is 8.11. The molecule has 0 radical (unpaired) electrons. The Balaban J connectivity index is 1.40. The highest BCUT2D eigenvalue weighted by Crippen LogP contribution is 2.25. The van der Waals surface area contributed by atoms with Crippen molar-refractivity contribution in [2.24, 2.45) is 0 Å². The average Bonchev–Trinajstić information content (AvgIpc) is 2.72. The quantitative estimate of drug-likeness (QED) is 0.603. The van der Waals surface area contributed by atoms with Crippen LogP contribution in [-0.4, -0.2) is 25.3 Å². The van der Waals surface area contributed by atoms with Gasteiger partial charge in [0.25, 0.3) is 5.56 Å². The third-order valence-electron chi connectivity index (χ3n) is 4.95. The highest BCUT2D eigenvalue weighted by molar-refractivity contribution is 7.98. The van der Waals surface area contributed by atoms with Crippen LogP contribution >= 0.6 is 11.8 Å². The summed E-state index contributed by atoms with van der Waals surface area (Å²) < 4.78 is 28.9. The molecule has 0 unspecified atom stereocenters. The molecule has 146 valence electrons. The van der Waals surface area contributed by atoms with E-state index in [0.717, 1.165) is 35.9 Å². The van der Waals surface area contributed by atoms with Crippen LogP contribution in [0, 0.1) is 0 Å². The van der Waals surface area contributed by atoms with E-state index in [4.69, 9.17) is 0 Å². The summed E-state index contributed by atoms with van der Waals surface area (Å²) in [5.41, 5.74) is 3.18. The van der Waals surface area contributed by atoms with Gasteiger partial charge in [-0.3, -0.25) is 4.79 Å². The van der Waals surface area contributed by atoms with Gasteiger partial charge < -0.3 is 4.57 Å². The Labute approximate surface area is 168 Å². The zero-order chi connectivity index (χ0) is 19.6. The van der Waals surface area contributed by atoms with Gasteiger partial charge in [0, 0.05) is 30.2 Å². The largest absolute Gasteiger partial charge is 0.308 e. The molecule has 1 aromatic heterocycles. The van der Waals surface area contributed by atoms with Gasteiger partial charge in [-0.1, -0.05) is 36.4 Å². The summed E-state index contributed by atoms with van der Waals surface area (Å²) in [7, 11) is -3.48. The predicted octanol–water partition coefficient (Wildman–Crippen LogP) is 3.16. The summed E-state index contributed by atoms with van der Waals surface area (Å²) in [6.07, 6.45) is 2.01. The number of benzene rings is 2. The van der Waals surface area contributed by atoms with Gasteiger partial charge in [0.1, 0.15) is 0 Å². The number of hydrogen-bond donors (Lipinski definition) is 1. The van der Waals surface area contributed by atoms with Crippen LogP contribution in [0.1, 0.15) is 17.5 Å². The minimum Gasteiger partial charge on any atom is -0.308 e. The molecule has 4 rings (SSSR count). The molecule has 7 heteroatoms. The molecule has 0 spiro atoms. The van der Waals surface area contributed by atoms with Crippen LogP contribution in [0.3, 0.4) is 0 Å². The van der Waals surface area contributed by atoms with Crippen LogP contribution in [0.25, 0.3) is 10.9 Å². The van der Waals surface area contributed by atoms with Crippen molar-refractivity contribution >= 4 is 32.7 Å². The number of nitrogens with zero attached hydrogens (tertiary/aromatic N) is 1. The molecular formula is C21H22N2O3S2. The zero-order valence-electron chi connectivity index (χ0n) is 15.4. The van der Waals surface area contributed by atoms with Crippen LogP contribution in [0.15, 0.2) is 64.3 Å². The maximum atomic E-state index is 12.8. The van der Waals surface area contributed by atoms with E-state index in [1.54, 1.807) is 42.1 Å². The topological polar surface area (TPSA) is 68.2 Å². The van der Waals surface area contributed by atoms with Crippen LogP contribution in [0.5, 0.6) is 0 Å². The molecule has 1 N–H and O–H groups in total. The summed E-state index contributed by atoms with van der Waals surface area (Å²) >= 11 is 1.57. The minimum atomic E-state index is -3.48. The lowest BCUT2D eigenvalue weighted by atomic mass is 10.0. The number of hydrogen-bond acceptors (Lipinski definition) is 4. The van der Waals surface area contributed by atoms with Gasteiger partial charge in [0.15, 0.2) is 0 Å². The molecule has 5 nitrogen and oxygen atoms in total. The van der Waals surface area contributed by atoms with Crippen molar-refractivity contribution in [1.29, 1.82) is 0 Å². The van der Waals surface area contributed by atoms with Crippen molar-refractivity contribution in [3.63, 3.8) is 0 Å². The Bertz CT molecular complexity index is 1160. The highest BCUT2D eigenvalue weighted by Gasteiger charge is 2.16. The van der Waals surface area contributed by atoms with Crippen LogP contribution in [-0.2, 0) is 28.7 Å². The molecule has 0 amide bonds. The summed E-state index contributed by atoms with van der Waals surface area (Å²) in [4.78, 5) is 13.1. The molecule has 0 saturated carbocycles. The van der Waals surface area contributed by atoms with E-state index in [0.29, 0.717) is 18.1 Å². The van der Waals surface area contributed by atoms with E-state index in [1.165, 1.54) is 5.56 Å². The van der Waals surface area contributed by atoms with Gasteiger partial charge in [-0.25, -0.2) is 13.1 Å². The Hall–Kier alpha value is -2.09. The number of nitrogens with one attached hydrogen (secondary N) is 1. The minimum absolute atomic E-state index is 0.0806. The smallest absolute Gasteiger partial charge is 0.255 e. The molecule has 3 aromatic rings. The van der Waals surface area contributed by atoms with E-state index >= 15 is 0 Å². The van der Waals surface area contributed by atoms with Gasteiger partial charge in [0.2, 0.25) is 10.0 Å². The number of sulfonamides is 1. The van der Waals surface area contributed by atoms with Crippen molar-refractivity contribution in [1.82, 2.24) is 9.29 Å².